The quantitative estimate of drug-likeness (QED) is 0.365. The fourth-order valence-electron chi connectivity index (χ4n) is 9.73. The third-order valence-electron chi connectivity index (χ3n) is 9.14. The summed E-state index contributed by atoms with van der Waals surface area (Å²) in [5.74, 6) is 0. The van der Waals surface area contributed by atoms with E-state index in [0.29, 0.717) is 0 Å². The van der Waals surface area contributed by atoms with E-state index in [-0.39, 0.29) is 32.5 Å². The maximum absolute atomic E-state index is 10.5. The Morgan fingerprint density at radius 2 is 0.594 bits per heavy atom. The fraction of sp³-hybridized carbons (Fsp3) is 1.00. The zero-order chi connectivity index (χ0) is 27.4. The van der Waals surface area contributed by atoms with E-state index in [1.54, 1.807) is 0 Å². The van der Waals surface area contributed by atoms with E-state index in [0.717, 1.165) is 57.8 Å². The first-order chi connectivity index (χ1) is 15.1. The number of hydrogen-bond donors (Lipinski definition) is 0. The highest BCUT2D eigenvalue weighted by Crippen LogP contribution is 2.67. The lowest BCUT2D eigenvalue weighted by atomic mass is 9.64. The lowest BCUT2D eigenvalue weighted by Crippen LogP contribution is -2.56. The minimum atomic E-state index is -2.95. The Morgan fingerprint density at radius 3 is 0.750 bits per heavy atom. The van der Waals surface area contributed by atoms with Gasteiger partial charge >= 0.3 is 0 Å². The maximum Gasteiger partial charge on any atom is 0.0599 e. The van der Waals surface area contributed by atoms with Crippen LogP contribution >= 0.6 is 0 Å². The molecule has 3 rings (SSSR count). The largest absolute Gasteiger partial charge is 0.0685 e. The smallest absolute Gasteiger partial charge is 0.0599 e. The average Bonchev–Trinajstić information content (AvgIpc) is 2.42. The van der Waals surface area contributed by atoms with Crippen molar-refractivity contribution in [1.29, 1.82) is 0 Å². The molecule has 0 radical (unpaired) electrons. The summed E-state index contributed by atoms with van der Waals surface area (Å²) in [5.41, 5.74) is -1.58. The zero-order valence-corrected chi connectivity index (χ0v) is 25.4. The van der Waals surface area contributed by atoms with Gasteiger partial charge in [0.15, 0.2) is 0 Å². The first kappa shape index (κ1) is 22.7. The minimum absolute atomic E-state index is 0.0733. The Morgan fingerprint density at radius 1 is 0.438 bits per heavy atom. The van der Waals surface area contributed by atoms with Gasteiger partial charge in [0.05, 0.1) is 8.07 Å². The molecule has 3 fully saturated rings. The first-order valence-electron chi connectivity index (χ1n) is 15.1. The predicted octanol–water partition coefficient (Wildman–Crippen LogP) is 10.9. The normalized spacial score (nSPS) is 36.8. The summed E-state index contributed by atoms with van der Waals surface area (Å²) in [6, 6.07) is 0. The molecule has 1 heteroatoms. The molecule has 3 saturated carbocycles. The van der Waals surface area contributed by atoms with Crippen molar-refractivity contribution in [3.63, 3.8) is 0 Å². The van der Waals surface area contributed by atoms with Crippen molar-refractivity contribution in [3.8, 4) is 0 Å². The van der Waals surface area contributed by atoms with Crippen LogP contribution in [0, 0.1) is 32.5 Å². The monoisotopic (exact) mass is 463 g/mol. The molecular formula is C31H60Si. The third-order valence-corrected chi connectivity index (χ3v) is 14.4. The Balaban J connectivity index is 2.34. The molecule has 0 atom stereocenters. The first-order valence-corrected chi connectivity index (χ1v) is 16.1. The van der Waals surface area contributed by atoms with E-state index in [1.165, 1.54) is 0 Å². The molecule has 0 aliphatic heterocycles. The molecule has 0 bridgehead atoms. The Bertz CT molecular complexity index is 677. The Labute approximate surface area is 208 Å². The lowest BCUT2D eigenvalue weighted by Gasteiger charge is -2.61. The molecule has 0 aromatic heterocycles. The van der Waals surface area contributed by atoms with E-state index in [9.17, 15) is 4.11 Å². The van der Waals surface area contributed by atoms with Crippen LogP contribution in [0.25, 0.3) is 0 Å². The van der Waals surface area contributed by atoms with Gasteiger partial charge in [-0.05, 0) is 107 Å². The van der Waals surface area contributed by atoms with Crippen LogP contribution in [0.5, 0.6) is 0 Å². The van der Waals surface area contributed by atoms with Crippen LogP contribution in [0.15, 0.2) is 0 Å². The predicted molar refractivity (Wildman–Crippen MR) is 147 cm³/mol. The summed E-state index contributed by atoms with van der Waals surface area (Å²) in [4.78, 5) is 0. The summed E-state index contributed by atoms with van der Waals surface area (Å²) in [6.45, 7) is 30.8. The molecule has 0 unspecified atom stereocenters. The zero-order valence-electron chi connectivity index (χ0n) is 27.4. The molecule has 0 N–H and O–H groups in total. The molecule has 32 heavy (non-hydrogen) atoms. The van der Waals surface area contributed by atoms with Gasteiger partial charge in [0.2, 0.25) is 0 Å². The van der Waals surface area contributed by atoms with Crippen molar-refractivity contribution in [2.45, 2.75) is 164 Å². The number of hydrogen-bond acceptors (Lipinski definition) is 0. The Kier molecular flexibility index (Phi) is 5.57. The van der Waals surface area contributed by atoms with Crippen molar-refractivity contribution < 1.29 is 4.11 Å². The summed E-state index contributed by atoms with van der Waals surface area (Å²) < 4.78 is 31.6. The van der Waals surface area contributed by atoms with Crippen LogP contribution in [0.3, 0.4) is 0 Å². The molecule has 0 saturated heterocycles. The molecule has 0 amide bonds. The van der Waals surface area contributed by atoms with E-state index in [1.807, 2.05) is 0 Å². The van der Waals surface area contributed by atoms with E-state index in [2.05, 4.69) is 89.6 Å². The highest BCUT2D eigenvalue weighted by atomic mass is 28.3. The summed E-state index contributed by atoms with van der Waals surface area (Å²) >= 11 is 0. The summed E-state index contributed by atoms with van der Waals surface area (Å²) in [7, 11) is -2.95. The molecule has 3 aliphatic rings. The standard InChI is InChI=1S/C31H60Si/c1-26(2)14-23(15-27(3,4)20-26)32(13,24-16-28(5,6)21-29(7,8)17-24)25-18-30(9,10)22-31(11,12)19-25/h23-25H,14-22H2,1-13H3/i23D,24D,25D. The van der Waals surface area contributed by atoms with Gasteiger partial charge in [-0.3, -0.25) is 0 Å². The van der Waals surface area contributed by atoms with Gasteiger partial charge in [-0.15, -0.1) is 0 Å². The minimum Gasteiger partial charge on any atom is -0.0685 e. The second kappa shape index (κ2) is 7.86. The van der Waals surface area contributed by atoms with Crippen molar-refractivity contribution >= 4 is 8.07 Å². The summed E-state index contributed by atoms with van der Waals surface area (Å²) in [6.07, 6.45) is 8.54. The van der Waals surface area contributed by atoms with E-state index >= 15 is 0 Å². The van der Waals surface area contributed by atoms with Crippen molar-refractivity contribution in [2.24, 2.45) is 32.5 Å². The van der Waals surface area contributed by atoms with Gasteiger partial charge in [-0.1, -0.05) is 89.6 Å². The van der Waals surface area contributed by atoms with Gasteiger partial charge in [-0.25, -0.2) is 0 Å². The molecular weight excluding hydrogens is 400 g/mol. The molecule has 0 nitrogen and oxygen atoms in total. The van der Waals surface area contributed by atoms with E-state index < -0.39 is 24.6 Å². The SMILES string of the molecule is [2H]C1([Si](C)(C2([2H])CC(C)(C)CC(C)(C)C2)C2([2H])CC(C)(C)CC(C)(C)C2)CC(C)(C)CC(C)(C)C1. The molecule has 0 spiro atoms. The Hall–Kier alpha value is 0.217. The molecule has 188 valence electrons. The van der Waals surface area contributed by atoms with E-state index in [4.69, 9.17) is 0 Å². The van der Waals surface area contributed by atoms with Crippen LogP contribution < -0.4 is 0 Å². The second-order valence-corrected chi connectivity index (χ2v) is 21.9. The molecule has 0 aromatic rings. The van der Waals surface area contributed by atoms with Gasteiger partial charge in [-0.2, -0.15) is 0 Å². The van der Waals surface area contributed by atoms with Crippen molar-refractivity contribution in [3.05, 3.63) is 0 Å². The van der Waals surface area contributed by atoms with Crippen LogP contribution in [0.4, 0.5) is 0 Å². The second-order valence-electron chi connectivity index (χ2n) is 17.5. The lowest BCUT2D eigenvalue weighted by molar-refractivity contribution is 0.0867. The van der Waals surface area contributed by atoms with Gasteiger partial charge in [0.1, 0.15) is 0 Å². The molecule has 0 heterocycles. The average molecular weight is 464 g/mol. The number of rotatable bonds is 3. The topological polar surface area (TPSA) is 0 Å². The summed E-state index contributed by atoms with van der Waals surface area (Å²) in [5, 5.41) is 0. The van der Waals surface area contributed by atoms with Crippen LogP contribution in [0.2, 0.25) is 23.1 Å². The molecule has 0 aromatic carbocycles. The van der Waals surface area contributed by atoms with Crippen LogP contribution in [0.1, 0.15) is 145 Å². The van der Waals surface area contributed by atoms with Crippen LogP contribution in [-0.4, -0.2) is 8.07 Å². The van der Waals surface area contributed by atoms with Crippen LogP contribution in [-0.2, 0) is 0 Å². The highest BCUT2D eigenvalue weighted by molar-refractivity contribution is 6.82. The fourth-order valence-corrected chi connectivity index (χ4v) is 16.2. The highest BCUT2D eigenvalue weighted by Gasteiger charge is 2.58. The van der Waals surface area contributed by atoms with Crippen molar-refractivity contribution in [1.82, 2.24) is 0 Å². The van der Waals surface area contributed by atoms with Gasteiger partial charge < -0.3 is 0 Å². The molecule has 3 aliphatic carbocycles. The third kappa shape index (κ3) is 5.88. The van der Waals surface area contributed by atoms with Gasteiger partial charge in [0.25, 0.3) is 0 Å². The van der Waals surface area contributed by atoms with Gasteiger partial charge in [0, 0.05) is 4.11 Å². The van der Waals surface area contributed by atoms with Crippen molar-refractivity contribution in [2.75, 3.05) is 0 Å². The maximum atomic E-state index is 10.5.